The van der Waals surface area contributed by atoms with E-state index in [1.165, 1.54) is 39.2 Å². The van der Waals surface area contributed by atoms with Crippen LogP contribution in [0.2, 0.25) is 0 Å². The van der Waals surface area contributed by atoms with Crippen molar-refractivity contribution in [1.29, 1.82) is 0 Å². The molecule has 1 aliphatic heterocycles. The van der Waals surface area contributed by atoms with Gasteiger partial charge in [-0.15, -0.1) is 0 Å². The summed E-state index contributed by atoms with van der Waals surface area (Å²) in [4.78, 5) is 34.3. The Morgan fingerprint density at radius 2 is 2.07 bits per heavy atom. The smallest absolute Gasteiger partial charge is 0.260 e. The van der Waals surface area contributed by atoms with E-state index >= 15 is 0 Å². The van der Waals surface area contributed by atoms with Crippen LogP contribution in [0.4, 0.5) is 14.5 Å². The van der Waals surface area contributed by atoms with Gasteiger partial charge in [0.05, 0.1) is 41.0 Å². The number of carbonyl (C=O) groups is 2. The summed E-state index contributed by atoms with van der Waals surface area (Å²) in [5, 5.41) is 26.2. The number of aromatic nitrogens is 2. The van der Waals surface area contributed by atoms with Crippen molar-refractivity contribution >= 4 is 17.5 Å². The third kappa shape index (κ3) is 4.07. The van der Waals surface area contributed by atoms with Crippen LogP contribution in [0.5, 0.6) is 0 Å². The second-order valence-corrected chi connectivity index (χ2v) is 7.46. The molecule has 30 heavy (non-hydrogen) atoms. The lowest BCUT2D eigenvalue weighted by atomic mass is 9.94. The summed E-state index contributed by atoms with van der Waals surface area (Å²) in [7, 11) is 0. The molecule has 1 unspecified atom stereocenters. The quantitative estimate of drug-likeness (QED) is 0.565. The average molecular weight is 421 g/mol. The van der Waals surface area contributed by atoms with Gasteiger partial charge in [0.1, 0.15) is 17.7 Å². The first-order chi connectivity index (χ1) is 14.0. The molecule has 0 radical (unpaired) electrons. The predicted octanol–water partition coefficient (Wildman–Crippen LogP) is 0.915. The fraction of sp³-hybridized carbons (Fsp3) is 0.368. The topological polar surface area (TPSA) is 128 Å². The molecule has 0 aliphatic carbocycles. The van der Waals surface area contributed by atoms with Gasteiger partial charge in [-0.25, -0.2) is 8.78 Å². The number of fused-ring (bicyclic) bond motifs is 1. The van der Waals surface area contributed by atoms with Crippen molar-refractivity contribution in [3.63, 3.8) is 0 Å². The zero-order chi connectivity index (χ0) is 22.2. The summed E-state index contributed by atoms with van der Waals surface area (Å²) in [6, 6.07) is -0.529. The highest BCUT2D eigenvalue weighted by molar-refractivity contribution is 6.03. The molecule has 0 fully saturated rings. The van der Waals surface area contributed by atoms with Crippen molar-refractivity contribution in [1.82, 2.24) is 20.2 Å². The fourth-order valence-corrected chi connectivity index (χ4v) is 3.31. The van der Waals surface area contributed by atoms with Crippen LogP contribution in [-0.2, 0) is 4.79 Å². The molecule has 9 nitrogen and oxygen atoms in total. The van der Waals surface area contributed by atoms with Crippen molar-refractivity contribution in [2.45, 2.75) is 44.8 Å². The molecule has 2 amide bonds. The van der Waals surface area contributed by atoms with Crippen LogP contribution < -0.4 is 10.6 Å². The Hall–Kier alpha value is -3.18. The van der Waals surface area contributed by atoms with Gasteiger partial charge >= 0.3 is 0 Å². The van der Waals surface area contributed by atoms with Gasteiger partial charge in [-0.05, 0) is 26.8 Å². The first kappa shape index (κ1) is 21.5. The molecule has 2 aromatic heterocycles. The zero-order valence-corrected chi connectivity index (χ0v) is 16.4. The molecule has 0 aromatic carbocycles. The monoisotopic (exact) mass is 421 g/mol. The number of amides is 2. The standard InChI is InChI=1S/C19H21F2N5O4/c1-9(14-12(21)6-10(20)7-23-14)24-16(27)15(19(2,3)30)26-17(28)11-4-5-22-8-13(11)25-18(26)29/h4-9,15,18,25,29-30H,1-3H3,(H,24,27)/t9-,15+,18?/m1/s1. The normalized spacial score (nSPS) is 18.3. The molecular formula is C19H21F2N5O4. The van der Waals surface area contributed by atoms with Gasteiger partial charge in [-0.1, -0.05) is 0 Å². The Labute approximate surface area is 170 Å². The second-order valence-electron chi connectivity index (χ2n) is 7.46. The van der Waals surface area contributed by atoms with Gasteiger partial charge in [0, 0.05) is 12.3 Å². The van der Waals surface area contributed by atoms with Crippen molar-refractivity contribution in [2.75, 3.05) is 5.32 Å². The van der Waals surface area contributed by atoms with E-state index in [1.807, 2.05) is 0 Å². The molecule has 0 bridgehead atoms. The number of hydrogen-bond acceptors (Lipinski definition) is 7. The van der Waals surface area contributed by atoms with Crippen LogP contribution in [0, 0.1) is 11.6 Å². The predicted molar refractivity (Wildman–Crippen MR) is 101 cm³/mol. The molecule has 0 saturated carbocycles. The van der Waals surface area contributed by atoms with E-state index in [0.29, 0.717) is 6.07 Å². The number of anilines is 1. The summed E-state index contributed by atoms with van der Waals surface area (Å²) in [6.45, 7) is 4.00. The first-order valence-electron chi connectivity index (χ1n) is 9.05. The molecule has 11 heteroatoms. The van der Waals surface area contributed by atoms with Crippen LogP contribution in [-0.4, -0.2) is 54.9 Å². The summed E-state index contributed by atoms with van der Waals surface area (Å²) in [5.74, 6) is -3.41. The van der Waals surface area contributed by atoms with Crippen LogP contribution in [0.15, 0.2) is 30.7 Å². The number of aliphatic hydroxyl groups is 2. The highest BCUT2D eigenvalue weighted by Crippen LogP contribution is 2.29. The SMILES string of the molecule is C[C@@H](NC(=O)[C@H](N1C(=O)c2ccncc2NC1O)C(C)(C)O)c1ncc(F)cc1F. The number of carbonyl (C=O) groups excluding carboxylic acids is 2. The minimum Gasteiger partial charge on any atom is -0.388 e. The van der Waals surface area contributed by atoms with Crippen LogP contribution >= 0.6 is 0 Å². The summed E-state index contributed by atoms with van der Waals surface area (Å²) in [5.41, 5.74) is -1.59. The lowest BCUT2D eigenvalue weighted by Gasteiger charge is -2.43. The van der Waals surface area contributed by atoms with Gasteiger partial charge in [0.15, 0.2) is 0 Å². The number of pyridine rings is 2. The molecule has 4 N–H and O–H groups in total. The van der Waals surface area contributed by atoms with Crippen LogP contribution in [0.1, 0.15) is 42.9 Å². The number of halogens is 2. The molecule has 0 spiro atoms. The third-order valence-electron chi connectivity index (χ3n) is 4.63. The average Bonchev–Trinajstić information content (AvgIpc) is 2.63. The Kier molecular flexibility index (Phi) is 5.68. The van der Waals surface area contributed by atoms with E-state index in [1.54, 1.807) is 0 Å². The Balaban J connectivity index is 1.91. The Morgan fingerprint density at radius 3 is 2.70 bits per heavy atom. The maximum atomic E-state index is 14.0. The minimum atomic E-state index is -1.79. The summed E-state index contributed by atoms with van der Waals surface area (Å²) in [6.07, 6.45) is 1.89. The number of hydrogen-bond donors (Lipinski definition) is 4. The van der Waals surface area contributed by atoms with Crippen molar-refractivity contribution < 1.29 is 28.6 Å². The lowest BCUT2D eigenvalue weighted by molar-refractivity contribution is -0.140. The summed E-state index contributed by atoms with van der Waals surface area (Å²) < 4.78 is 27.1. The molecule has 2 aromatic rings. The molecule has 3 rings (SSSR count). The van der Waals surface area contributed by atoms with Crippen molar-refractivity contribution in [3.8, 4) is 0 Å². The van der Waals surface area contributed by atoms with Gasteiger partial charge in [-0.2, -0.15) is 0 Å². The molecule has 0 saturated heterocycles. The molecule has 1 aliphatic rings. The van der Waals surface area contributed by atoms with Gasteiger partial charge < -0.3 is 20.8 Å². The van der Waals surface area contributed by atoms with Gasteiger partial charge in [0.25, 0.3) is 5.91 Å². The van der Waals surface area contributed by atoms with Crippen molar-refractivity contribution in [2.24, 2.45) is 0 Å². The number of nitrogens with zero attached hydrogens (tertiary/aromatic N) is 3. The van der Waals surface area contributed by atoms with E-state index in [4.69, 9.17) is 0 Å². The molecular weight excluding hydrogens is 400 g/mol. The molecule has 3 atom stereocenters. The third-order valence-corrected chi connectivity index (χ3v) is 4.63. The van der Waals surface area contributed by atoms with Gasteiger partial charge in [0.2, 0.25) is 12.3 Å². The number of nitrogens with one attached hydrogen (secondary N) is 2. The van der Waals surface area contributed by atoms with E-state index in [2.05, 4.69) is 20.6 Å². The minimum absolute atomic E-state index is 0.150. The first-order valence-corrected chi connectivity index (χ1v) is 9.05. The Bertz CT molecular complexity index is 982. The fourth-order valence-electron chi connectivity index (χ4n) is 3.31. The van der Waals surface area contributed by atoms with Crippen LogP contribution in [0.25, 0.3) is 0 Å². The number of aliphatic hydroxyl groups excluding tert-OH is 1. The van der Waals surface area contributed by atoms with Gasteiger partial charge in [-0.3, -0.25) is 24.5 Å². The van der Waals surface area contributed by atoms with E-state index in [-0.39, 0.29) is 16.9 Å². The second kappa shape index (κ2) is 7.92. The number of rotatable bonds is 5. The molecule has 160 valence electrons. The van der Waals surface area contributed by atoms with Crippen molar-refractivity contribution in [3.05, 3.63) is 53.6 Å². The largest absolute Gasteiger partial charge is 0.388 e. The maximum Gasteiger partial charge on any atom is 0.260 e. The zero-order valence-electron chi connectivity index (χ0n) is 16.4. The highest BCUT2D eigenvalue weighted by Gasteiger charge is 2.46. The summed E-state index contributed by atoms with van der Waals surface area (Å²) >= 11 is 0. The maximum absolute atomic E-state index is 14.0. The lowest BCUT2D eigenvalue weighted by Crippen LogP contribution is -2.65. The molecule has 3 heterocycles. The van der Waals surface area contributed by atoms with Crippen LogP contribution in [0.3, 0.4) is 0 Å². The van der Waals surface area contributed by atoms with E-state index in [0.717, 1.165) is 11.1 Å². The van der Waals surface area contributed by atoms with E-state index in [9.17, 15) is 28.6 Å². The van der Waals surface area contributed by atoms with E-state index < -0.39 is 47.5 Å². The highest BCUT2D eigenvalue weighted by atomic mass is 19.1. The Morgan fingerprint density at radius 1 is 1.37 bits per heavy atom.